The van der Waals surface area contributed by atoms with Crippen LogP contribution in [0.15, 0.2) is 29.2 Å². The van der Waals surface area contributed by atoms with Gasteiger partial charge in [0.25, 0.3) is 0 Å². The first-order valence-electron chi connectivity index (χ1n) is 7.49. The summed E-state index contributed by atoms with van der Waals surface area (Å²) in [5.74, 6) is 0.234. The van der Waals surface area contributed by atoms with E-state index in [0.717, 1.165) is 25.2 Å². The van der Waals surface area contributed by atoms with Crippen LogP contribution in [0.4, 0.5) is 0 Å². The van der Waals surface area contributed by atoms with E-state index in [1.165, 1.54) is 0 Å². The summed E-state index contributed by atoms with van der Waals surface area (Å²) >= 11 is 0. The lowest BCUT2D eigenvalue weighted by atomic mass is 9.98. The minimum Gasteiger partial charge on any atom is -0.329 e. The van der Waals surface area contributed by atoms with E-state index in [2.05, 4.69) is 16.8 Å². The number of sulfone groups is 1. The predicted octanol–water partition coefficient (Wildman–Crippen LogP) is 0.480. The van der Waals surface area contributed by atoms with Gasteiger partial charge >= 0.3 is 0 Å². The third-order valence-electron chi connectivity index (χ3n) is 4.68. The van der Waals surface area contributed by atoms with Crippen LogP contribution in [0.2, 0.25) is 0 Å². The van der Waals surface area contributed by atoms with Crippen molar-refractivity contribution in [3.05, 3.63) is 29.8 Å². The Morgan fingerprint density at radius 3 is 2.81 bits per heavy atom. The van der Waals surface area contributed by atoms with Gasteiger partial charge in [0.2, 0.25) is 0 Å². The van der Waals surface area contributed by atoms with Crippen LogP contribution in [-0.4, -0.2) is 63.2 Å². The lowest BCUT2D eigenvalue weighted by Gasteiger charge is -2.45. The minimum absolute atomic E-state index is 0.173. The van der Waals surface area contributed by atoms with Crippen LogP contribution in [0.3, 0.4) is 0 Å². The largest absolute Gasteiger partial charge is 0.329 e. The van der Waals surface area contributed by atoms with E-state index in [9.17, 15) is 8.42 Å². The molecule has 2 N–H and O–H groups in total. The fourth-order valence-electron chi connectivity index (χ4n) is 3.56. The summed E-state index contributed by atoms with van der Waals surface area (Å²) in [6.07, 6.45) is 0.666. The van der Waals surface area contributed by atoms with Gasteiger partial charge in [-0.3, -0.25) is 4.90 Å². The smallest absolute Gasteiger partial charge is 0.178 e. The van der Waals surface area contributed by atoms with Crippen molar-refractivity contribution in [3.63, 3.8) is 0 Å². The Balaban J connectivity index is 1.96. The monoisotopic (exact) mass is 309 g/mol. The summed E-state index contributed by atoms with van der Waals surface area (Å²) < 4.78 is 24.5. The maximum Gasteiger partial charge on any atom is 0.178 e. The van der Waals surface area contributed by atoms with Gasteiger partial charge in [-0.25, -0.2) is 8.42 Å². The van der Waals surface area contributed by atoms with E-state index >= 15 is 0 Å². The molecule has 1 saturated heterocycles. The lowest BCUT2D eigenvalue weighted by Crippen LogP contribution is -2.56. The van der Waals surface area contributed by atoms with Crippen LogP contribution >= 0.6 is 0 Å². The van der Waals surface area contributed by atoms with E-state index in [0.29, 0.717) is 23.9 Å². The van der Waals surface area contributed by atoms with Gasteiger partial charge in [0.05, 0.1) is 10.6 Å². The second kappa shape index (κ2) is 5.68. The molecule has 0 amide bonds. The first kappa shape index (κ1) is 15.0. The van der Waals surface area contributed by atoms with Gasteiger partial charge in [-0.2, -0.15) is 0 Å². The molecule has 2 atom stereocenters. The zero-order valence-corrected chi connectivity index (χ0v) is 13.2. The molecule has 0 radical (unpaired) electrons. The van der Waals surface area contributed by atoms with Crippen molar-refractivity contribution >= 4 is 9.84 Å². The molecule has 2 heterocycles. The highest BCUT2D eigenvalue weighted by Gasteiger charge is 2.37. The minimum atomic E-state index is -3.12. The van der Waals surface area contributed by atoms with Crippen molar-refractivity contribution in [2.45, 2.75) is 23.4 Å². The third kappa shape index (κ3) is 2.73. The van der Waals surface area contributed by atoms with Crippen molar-refractivity contribution in [2.75, 3.05) is 39.0 Å². The maximum atomic E-state index is 12.3. The number of rotatable bonds is 2. The zero-order chi connectivity index (χ0) is 15.0. The molecule has 21 heavy (non-hydrogen) atoms. The number of fused-ring (bicyclic) bond motifs is 1. The fourth-order valence-corrected chi connectivity index (χ4v) is 5.16. The Morgan fingerprint density at radius 1 is 1.29 bits per heavy atom. The first-order chi connectivity index (χ1) is 10.0. The van der Waals surface area contributed by atoms with Crippen LogP contribution in [0.1, 0.15) is 18.0 Å². The quantitative estimate of drug-likeness (QED) is 0.861. The SMILES string of the molecule is CN1CCN(C2CCS(=O)(=O)c3ccccc32)C(CN)C1. The summed E-state index contributed by atoms with van der Waals surface area (Å²) in [5.41, 5.74) is 6.90. The summed E-state index contributed by atoms with van der Waals surface area (Å²) in [5, 5.41) is 0. The van der Waals surface area contributed by atoms with Gasteiger partial charge in [0.1, 0.15) is 0 Å². The lowest BCUT2D eigenvalue weighted by molar-refractivity contribution is 0.0522. The van der Waals surface area contributed by atoms with Crippen LogP contribution in [0.5, 0.6) is 0 Å². The predicted molar refractivity (Wildman–Crippen MR) is 82.9 cm³/mol. The van der Waals surface area contributed by atoms with Crippen molar-refractivity contribution in [2.24, 2.45) is 5.73 Å². The van der Waals surface area contributed by atoms with E-state index in [4.69, 9.17) is 5.73 Å². The second-order valence-electron chi connectivity index (χ2n) is 6.05. The number of nitrogens with zero attached hydrogens (tertiary/aromatic N) is 2. The number of hydrogen-bond acceptors (Lipinski definition) is 5. The molecule has 3 rings (SSSR count). The molecule has 0 aromatic heterocycles. The highest BCUT2D eigenvalue weighted by atomic mass is 32.2. The molecule has 0 bridgehead atoms. The fraction of sp³-hybridized carbons (Fsp3) is 0.600. The Bertz CT molecular complexity index is 617. The Morgan fingerprint density at radius 2 is 2.05 bits per heavy atom. The van der Waals surface area contributed by atoms with Gasteiger partial charge in [-0.15, -0.1) is 0 Å². The molecule has 2 aliphatic rings. The van der Waals surface area contributed by atoms with Crippen LogP contribution in [0.25, 0.3) is 0 Å². The van der Waals surface area contributed by atoms with Crippen molar-refractivity contribution < 1.29 is 8.42 Å². The number of likely N-dealkylation sites (N-methyl/N-ethyl adjacent to an activating group) is 1. The molecule has 6 heteroatoms. The van der Waals surface area contributed by atoms with Crippen molar-refractivity contribution in [1.29, 1.82) is 0 Å². The molecule has 2 aliphatic heterocycles. The molecule has 0 saturated carbocycles. The molecule has 116 valence electrons. The van der Waals surface area contributed by atoms with E-state index in [1.54, 1.807) is 6.07 Å². The molecule has 0 spiro atoms. The summed E-state index contributed by atoms with van der Waals surface area (Å²) in [6.45, 7) is 3.50. The van der Waals surface area contributed by atoms with E-state index in [1.807, 2.05) is 18.2 Å². The molecule has 1 fully saturated rings. The molecule has 1 aromatic rings. The molecular weight excluding hydrogens is 286 g/mol. The summed E-state index contributed by atoms with van der Waals surface area (Å²) in [7, 11) is -1.01. The average Bonchev–Trinajstić information content (AvgIpc) is 2.48. The van der Waals surface area contributed by atoms with Crippen LogP contribution in [-0.2, 0) is 9.84 Å². The Kier molecular flexibility index (Phi) is 4.05. The molecule has 2 unspecified atom stereocenters. The van der Waals surface area contributed by atoms with E-state index < -0.39 is 9.84 Å². The normalized spacial score (nSPS) is 30.0. The molecular formula is C15H23N3O2S. The Hall–Kier alpha value is -0.950. The highest BCUT2D eigenvalue weighted by Crippen LogP contribution is 2.37. The van der Waals surface area contributed by atoms with Gasteiger partial charge in [-0.1, -0.05) is 18.2 Å². The second-order valence-corrected chi connectivity index (χ2v) is 8.13. The van der Waals surface area contributed by atoms with Crippen molar-refractivity contribution in [3.8, 4) is 0 Å². The first-order valence-corrected chi connectivity index (χ1v) is 9.14. The molecule has 5 nitrogen and oxygen atoms in total. The number of nitrogens with two attached hydrogens (primary N) is 1. The standard InChI is InChI=1S/C15H23N3O2S/c1-17-7-8-18(12(10-16)11-17)14-6-9-21(19,20)15-5-3-2-4-13(14)15/h2-5,12,14H,6-11,16H2,1H3. The number of hydrogen-bond donors (Lipinski definition) is 1. The third-order valence-corrected chi connectivity index (χ3v) is 6.49. The van der Waals surface area contributed by atoms with Gasteiger partial charge in [0.15, 0.2) is 9.84 Å². The van der Waals surface area contributed by atoms with E-state index in [-0.39, 0.29) is 11.8 Å². The average molecular weight is 309 g/mol. The number of benzene rings is 1. The number of piperazine rings is 1. The van der Waals surface area contributed by atoms with Crippen LogP contribution in [0, 0.1) is 0 Å². The van der Waals surface area contributed by atoms with Gasteiger partial charge < -0.3 is 10.6 Å². The Labute approximate surface area is 126 Å². The maximum absolute atomic E-state index is 12.3. The highest BCUT2D eigenvalue weighted by molar-refractivity contribution is 7.91. The van der Waals surface area contributed by atoms with Gasteiger partial charge in [0, 0.05) is 38.3 Å². The van der Waals surface area contributed by atoms with Gasteiger partial charge in [-0.05, 0) is 25.1 Å². The topological polar surface area (TPSA) is 66.6 Å². The molecule has 1 aromatic carbocycles. The van der Waals surface area contributed by atoms with Crippen molar-refractivity contribution in [1.82, 2.24) is 9.80 Å². The summed E-state index contributed by atoms with van der Waals surface area (Å²) in [6, 6.07) is 7.91. The zero-order valence-electron chi connectivity index (χ0n) is 12.4. The summed E-state index contributed by atoms with van der Waals surface area (Å²) in [4.78, 5) is 5.21. The van der Waals surface area contributed by atoms with Crippen LogP contribution < -0.4 is 5.73 Å². The molecule has 0 aliphatic carbocycles.